The Kier molecular flexibility index (Phi) is 6.53. The first-order chi connectivity index (χ1) is 18.7. The number of imidazole rings is 1. The molecule has 39 heavy (non-hydrogen) atoms. The molecule has 8 heteroatoms. The van der Waals surface area contributed by atoms with Gasteiger partial charge in [-0.3, -0.25) is 9.20 Å². The van der Waals surface area contributed by atoms with Crippen LogP contribution in [-0.4, -0.2) is 31.9 Å². The van der Waals surface area contributed by atoms with Crippen molar-refractivity contribution < 1.29 is 14.1 Å². The van der Waals surface area contributed by atoms with Gasteiger partial charge in [0.05, 0.1) is 29.9 Å². The first-order valence-corrected chi connectivity index (χ1v) is 14.5. The van der Waals surface area contributed by atoms with Gasteiger partial charge in [-0.1, -0.05) is 74.9 Å². The molecule has 1 aliphatic carbocycles. The molecule has 0 N–H and O–H groups in total. The quantitative estimate of drug-likeness (QED) is 0.185. The molecule has 4 aromatic heterocycles. The van der Waals surface area contributed by atoms with E-state index in [1.807, 2.05) is 42.6 Å². The summed E-state index contributed by atoms with van der Waals surface area (Å²) in [6.07, 6.45) is 7.62. The van der Waals surface area contributed by atoms with Crippen molar-refractivity contribution in [3.05, 3.63) is 65.7 Å². The maximum Gasteiger partial charge on any atom is 0.214 e. The second-order valence-corrected chi connectivity index (χ2v) is 12.9. The van der Waals surface area contributed by atoms with E-state index in [0.717, 1.165) is 44.5 Å². The van der Waals surface area contributed by atoms with Gasteiger partial charge in [0.1, 0.15) is 16.4 Å². The summed E-state index contributed by atoms with van der Waals surface area (Å²) >= 11 is 1.57. The van der Waals surface area contributed by atoms with Crippen molar-refractivity contribution in [1.82, 2.24) is 19.5 Å². The van der Waals surface area contributed by atoms with Gasteiger partial charge in [-0.25, -0.2) is 9.97 Å². The van der Waals surface area contributed by atoms with Gasteiger partial charge in [0.15, 0.2) is 4.96 Å². The maximum atomic E-state index is 12.6. The number of hydrogen-bond donors (Lipinski definition) is 0. The summed E-state index contributed by atoms with van der Waals surface area (Å²) < 4.78 is 13.6. The van der Waals surface area contributed by atoms with Crippen molar-refractivity contribution in [1.29, 1.82) is 0 Å². The molecule has 0 aliphatic heterocycles. The number of fused-ring (bicyclic) bond motifs is 3. The summed E-state index contributed by atoms with van der Waals surface area (Å²) in [5.74, 6) is 1.60. The predicted octanol–water partition coefficient (Wildman–Crippen LogP) is 7.21. The van der Waals surface area contributed by atoms with Crippen LogP contribution in [0.25, 0.3) is 26.6 Å². The lowest BCUT2D eigenvalue weighted by Gasteiger charge is -2.14. The Hall–Kier alpha value is -3.52. The van der Waals surface area contributed by atoms with Crippen LogP contribution in [0.15, 0.2) is 53.2 Å². The first kappa shape index (κ1) is 25.7. The third-order valence-electron chi connectivity index (χ3n) is 7.53. The van der Waals surface area contributed by atoms with Crippen LogP contribution in [0.2, 0.25) is 0 Å². The summed E-state index contributed by atoms with van der Waals surface area (Å²) in [6, 6.07) is 14.0. The lowest BCUT2D eigenvalue weighted by molar-refractivity contribution is -0.117. The molecule has 0 unspecified atom stereocenters. The average molecular weight is 543 g/mol. The molecule has 0 spiro atoms. The zero-order valence-electron chi connectivity index (χ0n) is 23.0. The smallest absolute Gasteiger partial charge is 0.214 e. The van der Waals surface area contributed by atoms with Gasteiger partial charge < -0.3 is 9.26 Å². The Morgan fingerprint density at radius 2 is 1.90 bits per heavy atom. The second kappa shape index (κ2) is 9.90. The van der Waals surface area contributed by atoms with E-state index in [4.69, 9.17) is 19.2 Å². The van der Waals surface area contributed by atoms with Crippen molar-refractivity contribution >= 4 is 32.4 Å². The molecule has 0 saturated heterocycles. The predicted molar refractivity (Wildman–Crippen MR) is 153 cm³/mol. The minimum Gasteiger partial charge on any atom is -0.477 e. The van der Waals surface area contributed by atoms with Gasteiger partial charge >= 0.3 is 0 Å². The molecular formula is C31H34N4O3S. The fourth-order valence-corrected chi connectivity index (χ4v) is 6.00. The highest BCUT2D eigenvalue weighted by Gasteiger charge is 2.42. The minimum atomic E-state index is -0.126. The molecule has 0 bridgehead atoms. The number of ketones is 1. The molecule has 202 valence electrons. The van der Waals surface area contributed by atoms with Crippen LogP contribution in [0.1, 0.15) is 70.4 Å². The highest BCUT2D eigenvalue weighted by atomic mass is 32.1. The summed E-state index contributed by atoms with van der Waals surface area (Å²) in [5, 5.41) is 4.07. The number of aromatic nitrogens is 4. The molecule has 6 rings (SSSR count). The summed E-state index contributed by atoms with van der Waals surface area (Å²) in [7, 11) is 0. The summed E-state index contributed by atoms with van der Waals surface area (Å²) in [5.41, 5.74) is 4.84. The number of nitrogens with zero attached hydrogens (tertiary/aromatic N) is 4. The molecule has 5 aromatic rings. The number of ether oxygens (including phenoxy) is 1. The molecule has 4 heterocycles. The molecule has 1 saturated carbocycles. The van der Waals surface area contributed by atoms with Gasteiger partial charge in [0, 0.05) is 41.1 Å². The number of thiazole rings is 1. The fourth-order valence-electron chi connectivity index (χ4n) is 5.02. The van der Waals surface area contributed by atoms with Crippen molar-refractivity contribution in [2.24, 2.45) is 5.41 Å². The molecule has 7 nitrogen and oxygen atoms in total. The Balaban J connectivity index is 1.11. The van der Waals surface area contributed by atoms with E-state index in [1.54, 1.807) is 11.3 Å². The van der Waals surface area contributed by atoms with Gasteiger partial charge in [-0.05, 0) is 30.9 Å². The fraction of sp³-hybridized carbons (Fsp3) is 0.419. The van der Waals surface area contributed by atoms with E-state index >= 15 is 0 Å². The monoisotopic (exact) mass is 542 g/mol. The van der Waals surface area contributed by atoms with Crippen molar-refractivity contribution in [2.45, 2.75) is 71.6 Å². The lowest BCUT2D eigenvalue weighted by atomic mass is 9.93. The zero-order chi connectivity index (χ0) is 27.2. The zero-order valence-corrected chi connectivity index (χ0v) is 23.8. The van der Waals surface area contributed by atoms with E-state index in [2.05, 4.69) is 43.3 Å². The number of hydrogen-bond acceptors (Lipinski definition) is 7. The standard InChI is InChI=1S/C31H34N4O3S/c1-5-12-31(13-14-31)19-37-27-11-10-25-28(33-27)39-29-32-24(18-35(25)29)21-8-6-20(7-9-21)15-23(36)16-22-17-26(38-34-22)30(2,3)4/h6-11,17-18H,5,12-16,19H2,1-4H3. The van der Waals surface area contributed by atoms with Crippen LogP contribution in [0, 0.1) is 5.41 Å². The molecule has 0 amide bonds. The van der Waals surface area contributed by atoms with Gasteiger partial charge in [-0.2, -0.15) is 0 Å². The third kappa shape index (κ3) is 5.48. The Morgan fingerprint density at radius 1 is 1.10 bits per heavy atom. The van der Waals surface area contributed by atoms with Crippen molar-refractivity contribution in [2.75, 3.05) is 6.61 Å². The molecule has 1 aromatic carbocycles. The van der Waals surface area contributed by atoms with Crippen LogP contribution in [-0.2, 0) is 23.1 Å². The number of Topliss-reactive ketones (excluding diaryl/α,β-unsaturated/α-hetero) is 1. The van der Waals surface area contributed by atoms with E-state index in [9.17, 15) is 4.79 Å². The molecular weight excluding hydrogens is 508 g/mol. The second-order valence-electron chi connectivity index (χ2n) is 11.9. The normalized spacial score (nSPS) is 14.8. The Bertz CT molecular complexity index is 1630. The molecule has 1 aliphatic rings. The van der Waals surface area contributed by atoms with Gasteiger partial charge in [0.25, 0.3) is 0 Å². The van der Waals surface area contributed by atoms with E-state index in [0.29, 0.717) is 23.4 Å². The van der Waals surface area contributed by atoms with Crippen LogP contribution < -0.4 is 4.74 Å². The third-order valence-corrected chi connectivity index (χ3v) is 8.49. The summed E-state index contributed by atoms with van der Waals surface area (Å²) in [4.78, 5) is 24.1. The van der Waals surface area contributed by atoms with Crippen LogP contribution in [0.3, 0.4) is 0 Å². The Morgan fingerprint density at radius 3 is 2.59 bits per heavy atom. The van der Waals surface area contributed by atoms with E-state index in [1.165, 1.54) is 25.7 Å². The molecule has 1 fully saturated rings. The Labute approximate surface area is 232 Å². The van der Waals surface area contributed by atoms with Gasteiger partial charge in [-0.15, -0.1) is 0 Å². The maximum absolute atomic E-state index is 12.6. The largest absolute Gasteiger partial charge is 0.477 e. The highest BCUT2D eigenvalue weighted by molar-refractivity contribution is 7.23. The number of carbonyl (C=O) groups is 1. The van der Waals surface area contributed by atoms with Crippen LogP contribution in [0.4, 0.5) is 0 Å². The topological polar surface area (TPSA) is 82.5 Å². The first-order valence-electron chi connectivity index (χ1n) is 13.7. The molecule has 0 radical (unpaired) electrons. The number of benzene rings is 1. The van der Waals surface area contributed by atoms with Crippen molar-refractivity contribution in [3.63, 3.8) is 0 Å². The van der Waals surface area contributed by atoms with Crippen LogP contribution in [0.5, 0.6) is 5.88 Å². The van der Waals surface area contributed by atoms with Gasteiger partial charge in [0.2, 0.25) is 5.88 Å². The average Bonchev–Trinajstić information content (AvgIpc) is 3.19. The van der Waals surface area contributed by atoms with E-state index in [-0.39, 0.29) is 17.6 Å². The van der Waals surface area contributed by atoms with Crippen LogP contribution >= 0.6 is 11.3 Å². The lowest BCUT2D eigenvalue weighted by Crippen LogP contribution is -2.13. The minimum absolute atomic E-state index is 0.110. The van der Waals surface area contributed by atoms with Crippen molar-refractivity contribution in [3.8, 4) is 17.1 Å². The SMILES string of the molecule is CCCC1(COc2ccc3c(n2)sc2nc(-c4ccc(CC(=O)Cc5cc(C(C)(C)C)on5)cc4)cn23)CC1. The number of rotatable bonds is 10. The number of carbonyl (C=O) groups excluding carboxylic acids is 1. The molecule has 0 atom stereocenters. The van der Waals surface area contributed by atoms with E-state index < -0.39 is 0 Å². The number of pyridine rings is 1. The highest BCUT2D eigenvalue weighted by Crippen LogP contribution is 2.49. The summed E-state index contributed by atoms with van der Waals surface area (Å²) in [6.45, 7) is 9.18.